The van der Waals surface area contributed by atoms with Crippen molar-refractivity contribution in [3.63, 3.8) is 0 Å². The summed E-state index contributed by atoms with van der Waals surface area (Å²) in [5, 5.41) is 8.04. The lowest BCUT2D eigenvalue weighted by Crippen LogP contribution is -2.23. The SMILES string of the molecule is Cc1nn(-c2ccccc2)c(C)c1CNC[C@H]1CCS(=O)(=O)C1. The fourth-order valence-corrected chi connectivity index (χ4v) is 5.05. The minimum absolute atomic E-state index is 0.241. The van der Waals surface area contributed by atoms with Crippen molar-refractivity contribution in [2.75, 3.05) is 18.1 Å². The average Bonchev–Trinajstić information content (AvgIpc) is 3.01. The lowest BCUT2D eigenvalue weighted by Gasteiger charge is -2.10. The molecule has 2 aromatic rings. The molecule has 124 valence electrons. The second kappa shape index (κ2) is 6.45. The number of hydrogen-bond acceptors (Lipinski definition) is 4. The summed E-state index contributed by atoms with van der Waals surface area (Å²) < 4.78 is 25.0. The third-order valence-electron chi connectivity index (χ3n) is 4.50. The Hall–Kier alpha value is -1.66. The summed E-state index contributed by atoms with van der Waals surface area (Å²) in [6, 6.07) is 10.1. The second-order valence-electron chi connectivity index (χ2n) is 6.30. The molecule has 0 radical (unpaired) electrons. The maximum absolute atomic E-state index is 11.5. The topological polar surface area (TPSA) is 64.0 Å². The zero-order valence-electron chi connectivity index (χ0n) is 13.6. The first-order valence-electron chi connectivity index (χ1n) is 7.98. The number of nitrogens with one attached hydrogen (secondary N) is 1. The van der Waals surface area contributed by atoms with Gasteiger partial charge in [0.05, 0.1) is 22.9 Å². The highest BCUT2D eigenvalue weighted by molar-refractivity contribution is 7.91. The lowest BCUT2D eigenvalue weighted by molar-refractivity contribution is 0.519. The van der Waals surface area contributed by atoms with Crippen molar-refractivity contribution in [2.24, 2.45) is 5.92 Å². The summed E-state index contributed by atoms with van der Waals surface area (Å²) in [6.45, 7) is 5.56. The van der Waals surface area contributed by atoms with E-state index >= 15 is 0 Å². The van der Waals surface area contributed by atoms with Crippen molar-refractivity contribution in [3.05, 3.63) is 47.3 Å². The Morgan fingerprint density at radius 3 is 2.65 bits per heavy atom. The summed E-state index contributed by atoms with van der Waals surface area (Å²) in [6.07, 6.45) is 0.774. The molecular weight excluding hydrogens is 310 g/mol. The van der Waals surface area contributed by atoms with Crippen LogP contribution in [-0.4, -0.2) is 36.2 Å². The number of aryl methyl sites for hydroxylation is 1. The fraction of sp³-hybridized carbons (Fsp3) is 0.471. The normalized spacial score (nSPS) is 20.0. The Morgan fingerprint density at radius 1 is 1.26 bits per heavy atom. The van der Waals surface area contributed by atoms with Gasteiger partial charge in [0.15, 0.2) is 9.84 Å². The molecule has 6 heteroatoms. The zero-order chi connectivity index (χ0) is 16.4. The van der Waals surface area contributed by atoms with Gasteiger partial charge >= 0.3 is 0 Å². The Kier molecular flexibility index (Phi) is 4.55. The molecule has 0 aliphatic carbocycles. The molecule has 23 heavy (non-hydrogen) atoms. The molecule has 0 spiro atoms. The molecule has 0 amide bonds. The molecule has 1 fully saturated rings. The first-order valence-corrected chi connectivity index (χ1v) is 9.80. The standard InChI is InChI=1S/C17H23N3O2S/c1-13-17(11-18-10-15-8-9-23(21,22)12-15)14(2)20(19-13)16-6-4-3-5-7-16/h3-7,15,18H,8-12H2,1-2H3/t15-/m1/s1. The molecule has 5 nitrogen and oxygen atoms in total. The molecule has 1 aromatic heterocycles. The molecule has 0 bridgehead atoms. The monoisotopic (exact) mass is 333 g/mol. The van der Waals surface area contributed by atoms with Crippen molar-refractivity contribution >= 4 is 9.84 Å². The molecule has 2 heterocycles. The summed E-state index contributed by atoms with van der Waals surface area (Å²) in [5.74, 6) is 0.898. The van der Waals surface area contributed by atoms with Crippen LogP contribution in [-0.2, 0) is 16.4 Å². The van der Waals surface area contributed by atoms with Gasteiger partial charge in [-0.2, -0.15) is 5.10 Å². The smallest absolute Gasteiger partial charge is 0.150 e. The van der Waals surface area contributed by atoms with Gasteiger partial charge in [-0.25, -0.2) is 13.1 Å². The Labute approximate surface area is 137 Å². The maximum Gasteiger partial charge on any atom is 0.150 e. The molecular formula is C17H23N3O2S. The largest absolute Gasteiger partial charge is 0.312 e. The van der Waals surface area contributed by atoms with E-state index in [4.69, 9.17) is 0 Å². The van der Waals surface area contributed by atoms with Gasteiger partial charge in [-0.05, 0) is 44.9 Å². The van der Waals surface area contributed by atoms with Crippen LogP contribution in [0.4, 0.5) is 0 Å². The van der Waals surface area contributed by atoms with E-state index in [0.29, 0.717) is 11.5 Å². The van der Waals surface area contributed by atoms with E-state index in [2.05, 4.69) is 17.3 Å². The quantitative estimate of drug-likeness (QED) is 0.909. The molecule has 1 aliphatic heterocycles. The van der Waals surface area contributed by atoms with E-state index in [1.165, 1.54) is 5.56 Å². The number of para-hydroxylation sites is 1. The van der Waals surface area contributed by atoms with Gasteiger partial charge in [0.25, 0.3) is 0 Å². The highest BCUT2D eigenvalue weighted by Crippen LogP contribution is 2.19. The van der Waals surface area contributed by atoms with E-state index < -0.39 is 9.84 Å². The zero-order valence-corrected chi connectivity index (χ0v) is 14.4. The second-order valence-corrected chi connectivity index (χ2v) is 8.53. The minimum Gasteiger partial charge on any atom is -0.312 e. The third-order valence-corrected chi connectivity index (χ3v) is 6.34. The summed E-state index contributed by atoms with van der Waals surface area (Å²) in [4.78, 5) is 0. The van der Waals surface area contributed by atoms with Crippen molar-refractivity contribution in [2.45, 2.75) is 26.8 Å². The van der Waals surface area contributed by atoms with E-state index in [1.54, 1.807) is 0 Å². The predicted octanol–water partition coefficient (Wildman–Crippen LogP) is 2.01. The van der Waals surface area contributed by atoms with Crippen LogP contribution >= 0.6 is 0 Å². The van der Waals surface area contributed by atoms with Crippen molar-refractivity contribution in [1.29, 1.82) is 0 Å². The highest BCUT2D eigenvalue weighted by Gasteiger charge is 2.27. The Balaban J connectivity index is 1.66. The van der Waals surface area contributed by atoms with Crippen LogP contribution in [0.5, 0.6) is 0 Å². The van der Waals surface area contributed by atoms with Crippen LogP contribution in [0.2, 0.25) is 0 Å². The minimum atomic E-state index is -2.80. The number of nitrogens with zero attached hydrogens (tertiary/aromatic N) is 2. The van der Waals surface area contributed by atoms with Gasteiger partial charge in [0.2, 0.25) is 0 Å². The van der Waals surface area contributed by atoms with E-state index in [0.717, 1.165) is 36.6 Å². The van der Waals surface area contributed by atoms with Gasteiger partial charge in [0.1, 0.15) is 0 Å². The first-order chi connectivity index (χ1) is 11.0. The average molecular weight is 333 g/mol. The van der Waals surface area contributed by atoms with Crippen LogP contribution < -0.4 is 5.32 Å². The molecule has 1 aromatic carbocycles. The highest BCUT2D eigenvalue weighted by atomic mass is 32.2. The van der Waals surface area contributed by atoms with Crippen molar-refractivity contribution in [1.82, 2.24) is 15.1 Å². The molecule has 1 atom stereocenters. The molecule has 1 N–H and O–H groups in total. The van der Waals surface area contributed by atoms with Gasteiger partial charge < -0.3 is 5.32 Å². The maximum atomic E-state index is 11.5. The van der Waals surface area contributed by atoms with E-state index in [-0.39, 0.29) is 5.92 Å². The van der Waals surface area contributed by atoms with Crippen LogP contribution in [0.15, 0.2) is 30.3 Å². The summed E-state index contributed by atoms with van der Waals surface area (Å²) >= 11 is 0. The number of hydrogen-bond donors (Lipinski definition) is 1. The van der Waals surface area contributed by atoms with Crippen molar-refractivity contribution < 1.29 is 8.42 Å². The van der Waals surface area contributed by atoms with Crippen LogP contribution in [0.1, 0.15) is 23.4 Å². The first kappa shape index (κ1) is 16.2. The van der Waals surface area contributed by atoms with Crippen LogP contribution in [0, 0.1) is 19.8 Å². The number of rotatable bonds is 5. The van der Waals surface area contributed by atoms with Crippen LogP contribution in [0.3, 0.4) is 0 Å². The number of aromatic nitrogens is 2. The van der Waals surface area contributed by atoms with Crippen molar-refractivity contribution in [3.8, 4) is 5.69 Å². The lowest BCUT2D eigenvalue weighted by atomic mass is 10.1. The molecule has 1 saturated heterocycles. The fourth-order valence-electron chi connectivity index (χ4n) is 3.19. The number of sulfone groups is 1. The predicted molar refractivity (Wildman–Crippen MR) is 91.5 cm³/mol. The molecule has 3 rings (SSSR count). The third kappa shape index (κ3) is 3.64. The van der Waals surface area contributed by atoms with Gasteiger partial charge in [-0.3, -0.25) is 0 Å². The van der Waals surface area contributed by atoms with Gasteiger partial charge in [-0.1, -0.05) is 18.2 Å². The van der Waals surface area contributed by atoms with E-state index in [9.17, 15) is 8.42 Å². The Bertz CT molecular complexity index is 782. The van der Waals surface area contributed by atoms with Crippen LogP contribution in [0.25, 0.3) is 5.69 Å². The summed E-state index contributed by atoms with van der Waals surface area (Å²) in [5.41, 5.74) is 4.38. The van der Waals surface area contributed by atoms with Gasteiger partial charge in [0, 0.05) is 17.8 Å². The number of benzene rings is 1. The molecule has 0 unspecified atom stereocenters. The molecule has 1 aliphatic rings. The Morgan fingerprint density at radius 2 is 2.00 bits per heavy atom. The van der Waals surface area contributed by atoms with E-state index in [1.807, 2.05) is 41.9 Å². The summed E-state index contributed by atoms with van der Waals surface area (Å²) in [7, 11) is -2.80. The van der Waals surface area contributed by atoms with Gasteiger partial charge in [-0.15, -0.1) is 0 Å². The molecule has 0 saturated carbocycles.